The Labute approximate surface area is 63.2 Å². The molecule has 3 unspecified atom stereocenters. The van der Waals surface area contributed by atoms with Gasteiger partial charge < -0.3 is 4.74 Å². The first-order valence-corrected chi connectivity index (χ1v) is 3.52. The fourth-order valence-electron chi connectivity index (χ4n) is 1.89. The van der Waals surface area contributed by atoms with E-state index >= 15 is 0 Å². The van der Waals surface area contributed by atoms with E-state index in [2.05, 4.69) is 6.92 Å². The predicted octanol–water partition coefficient (Wildman–Crippen LogP) is 1.69. The minimum absolute atomic E-state index is 0. The van der Waals surface area contributed by atoms with E-state index < -0.39 is 0 Å². The van der Waals surface area contributed by atoms with Gasteiger partial charge in [-0.3, -0.25) is 0 Å². The first kappa shape index (κ1) is 7.42. The van der Waals surface area contributed by atoms with Gasteiger partial charge in [0, 0.05) is 0 Å². The van der Waals surface area contributed by atoms with E-state index in [0.717, 1.165) is 5.92 Å². The summed E-state index contributed by atoms with van der Waals surface area (Å²) in [5.41, 5.74) is 0. The Morgan fingerprint density at radius 3 is 2.33 bits per heavy atom. The Morgan fingerprint density at radius 2 is 2.11 bits per heavy atom. The Balaban J connectivity index is 0.000000405. The number of ether oxygens (including phenoxy) is 1. The fraction of sp³-hybridized carbons (Fsp3) is 1.00. The molecule has 2 bridgehead atoms. The molecule has 2 fully saturated rings. The molecule has 2 heterocycles. The zero-order chi connectivity index (χ0) is 5.56. The molecule has 2 heteroatoms. The minimum Gasteiger partial charge on any atom is -0.375 e. The molecule has 0 saturated carbocycles. The standard InChI is InChI=1S/C7H12O.H2S/c1-5-4-6-2-3-7(5)8-6;/h5-7H,2-4H2,1H3;1H2. The van der Waals surface area contributed by atoms with Crippen molar-refractivity contribution >= 4 is 13.5 Å². The highest BCUT2D eigenvalue weighted by molar-refractivity contribution is 7.59. The lowest BCUT2D eigenvalue weighted by molar-refractivity contribution is 0.0949. The van der Waals surface area contributed by atoms with Crippen molar-refractivity contribution in [3.63, 3.8) is 0 Å². The van der Waals surface area contributed by atoms with E-state index in [-0.39, 0.29) is 13.5 Å². The lowest BCUT2D eigenvalue weighted by Gasteiger charge is -2.11. The van der Waals surface area contributed by atoms with Crippen LogP contribution >= 0.6 is 13.5 Å². The smallest absolute Gasteiger partial charge is 0.0606 e. The van der Waals surface area contributed by atoms with Crippen molar-refractivity contribution < 1.29 is 4.74 Å². The molecule has 2 aliphatic rings. The van der Waals surface area contributed by atoms with Crippen molar-refractivity contribution in [3.05, 3.63) is 0 Å². The SMILES string of the molecule is CC1CC2CCC1O2.S. The third-order valence-electron chi connectivity index (χ3n) is 2.41. The second kappa shape index (κ2) is 2.51. The van der Waals surface area contributed by atoms with Crippen LogP contribution in [0.1, 0.15) is 26.2 Å². The molecule has 54 valence electrons. The summed E-state index contributed by atoms with van der Waals surface area (Å²) in [6, 6.07) is 0. The van der Waals surface area contributed by atoms with Crippen LogP contribution in [-0.2, 0) is 4.74 Å². The highest BCUT2D eigenvalue weighted by atomic mass is 32.1. The van der Waals surface area contributed by atoms with Crippen molar-refractivity contribution in [3.8, 4) is 0 Å². The van der Waals surface area contributed by atoms with Gasteiger partial charge >= 0.3 is 0 Å². The zero-order valence-corrected chi connectivity index (χ0v) is 6.76. The molecule has 3 atom stereocenters. The highest BCUT2D eigenvalue weighted by Gasteiger charge is 2.37. The molecule has 0 amide bonds. The molecule has 2 saturated heterocycles. The molecule has 0 N–H and O–H groups in total. The van der Waals surface area contributed by atoms with Crippen LogP contribution in [0.15, 0.2) is 0 Å². The molecule has 2 aliphatic heterocycles. The summed E-state index contributed by atoms with van der Waals surface area (Å²) in [6.07, 6.45) is 5.26. The Bertz CT molecular complexity index is 103. The summed E-state index contributed by atoms with van der Waals surface area (Å²) in [5, 5.41) is 0. The molecule has 0 aromatic carbocycles. The topological polar surface area (TPSA) is 9.23 Å². The lowest BCUT2D eigenvalue weighted by Crippen LogP contribution is -2.11. The zero-order valence-electron chi connectivity index (χ0n) is 5.76. The number of hydrogen-bond donors (Lipinski definition) is 0. The van der Waals surface area contributed by atoms with Crippen LogP contribution in [-0.4, -0.2) is 12.2 Å². The molecule has 0 radical (unpaired) electrons. The Hall–Kier alpha value is 0.310. The number of fused-ring (bicyclic) bond motifs is 2. The monoisotopic (exact) mass is 146 g/mol. The molecule has 0 aromatic rings. The van der Waals surface area contributed by atoms with Crippen molar-refractivity contribution in [1.82, 2.24) is 0 Å². The van der Waals surface area contributed by atoms with Crippen molar-refractivity contribution in [2.24, 2.45) is 5.92 Å². The molecule has 2 rings (SSSR count). The van der Waals surface area contributed by atoms with Gasteiger partial charge in [-0.25, -0.2) is 0 Å². The summed E-state index contributed by atoms with van der Waals surface area (Å²) in [7, 11) is 0. The highest BCUT2D eigenvalue weighted by Crippen LogP contribution is 2.37. The van der Waals surface area contributed by atoms with Gasteiger partial charge in [0.25, 0.3) is 0 Å². The maximum Gasteiger partial charge on any atom is 0.0606 e. The first-order valence-electron chi connectivity index (χ1n) is 3.52. The quantitative estimate of drug-likeness (QED) is 0.505. The third kappa shape index (κ3) is 1.10. The van der Waals surface area contributed by atoms with Crippen LogP contribution in [0.3, 0.4) is 0 Å². The van der Waals surface area contributed by atoms with Gasteiger partial charge in [0.05, 0.1) is 12.2 Å². The maximum absolute atomic E-state index is 5.58. The van der Waals surface area contributed by atoms with Crippen LogP contribution < -0.4 is 0 Å². The molecular formula is C7H14OS. The summed E-state index contributed by atoms with van der Waals surface area (Å²) >= 11 is 0. The van der Waals surface area contributed by atoms with E-state index in [1.807, 2.05) is 0 Å². The van der Waals surface area contributed by atoms with Crippen LogP contribution in [0, 0.1) is 5.92 Å². The molecule has 0 aliphatic carbocycles. The van der Waals surface area contributed by atoms with E-state index in [4.69, 9.17) is 4.74 Å². The van der Waals surface area contributed by atoms with E-state index in [0.29, 0.717) is 12.2 Å². The minimum atomic E-state index is 0. The average molecular weight is 146 g/mol. The van der Waals surface area contributed by atoms with Gasteiger partial charge in [-0.2, -0.15) is 13.5 Å². The number of hydrogen-bond acceptors (Lipinski definition) is 1. The van der Waals surface area contributed by atoms with Crippen LogP contribution in [0.5, 0.6) is 0 Å². The number of rotatable bonds is 0. The molecular weight excluding hydrogens is 132 g/mol. The van der Waals surface area contributed by atoms with E-state index in [1.165, 1.54) is 19.3 Å². The van der Waals surface area contributed by atoms with Crippen molar-refractivity contribution in [2.45, 2.75) is 38.4 Å². The fourth-order valence-corrected chi connectivity index (χ4v) is 1.89. The lowest BCUT2D eigenvalue weighted by atomic mass is 9.91. The third-order valence-corrected chi connectivity index (χ3v) is 2.41. The molecule has 0 spiro atoms. The Kier molecular flexibility index (Phi) is 2.07. The van der Waals surface area contributed by atoms with Gasteiger partial charge in [0.2, 0.25) is 0 Å². The summed E-state index contributed by atoms with van der Waals surface area (Å²) in [6.45, 7) is 2.30. The molecule has 0 aromatic heterocycles. The largest absolute Gasteiger partial charge is 0.375 e. The Morgan fingerprint density at radius 1 is 1.33 bits per heavy atom. The van der Waals surface area contributed by atoms with Crippen LogP contribution in [0.2, 0.25) is 0 Å². The first-order chi connectivity index (χ1) is 3.86. The van der Waals surface area contributed by atoms with Crippen molar-refractivity contribution in [2.75, 3.05) is 0 Å². The van der Waals surface area contributed by atoms with Gasteiger partial charge in [-0.05, 0) is 25.2 Å². The van der Waals surface area contributed by atoms with Crippen LogP contribution in [0.25, 0.3) is 0 Å². The maximum atomic E-state index is 5.58. The van der Waals surface area contributed by atoms with Gasteiger partial charge in [-0.15, -0.1) is 0 Å². The summed E-state index contributed by atoms with van der Waals surface area (Å²) in [4.78, 5) is 0. The van der Waals surface area contributed by atoms with Crippen molar-refractivity contribution in [1.29, 1.82) is 0 Å². The molecule has 9 heavy (non-hydrogen) atoms. The second-order valence-corrected chi connectivity index (χ2v) is 3.09. The van der Waals surface area contributed by atoms with Crippen LogP contribution in [0.4, 0.5) is 0 Å². The van der Waals surface area contributed by atoms with E-state index in [1.54, 1.807) is 0 Å². The summed E-state index contributed by atoms with van der Waals surface area (Å²) in [5.74, 6) is 0.855. The summed E-state index contributed by atoms with van der Waals surface area (Å²) < 4.78 is 5.58. The second-order valence-electron chi connectivity index (χ2n) is 3.09. The van der Waals surface area contributed by atoms with Gasteiger partial charge in [0.15, 0.2) is 0 Å². The van der Waals surface area contributed by atoms with E-state index in [9.17, 15) is 0 Å². The van der Waals surface area contributed by atoms with Gasteiger partial charge in [-0.1, -0.05) is 6.92 Å². The predicted molar refractivity (Wildman–Crippen MR) is 42.1 cm³/mol. The average Bonchev–Trinajstić information content (AvgIpc) is 2.23. The normalized spacial score (nSPS) is 47.0. The molecule has 1 nitrogen and oxygen atoms in total. The van der Waals surface area contributed by atoms with Gasteiger partial charge in [0.1, 0.15) is 0 Å².